The molecule has 0 saturated heterocycles. The zero-order chi connectivity index (χ0) is 11.9. The minimum atomic E-state index is -0.933. The summed E-state index contributed by atoms with van der Waals surface area (Å²) >= 11 is 0. The lowest BCUT2D eigenvalue weighted by Crippen LogP contribution is -2.22. The third kappa shape index (κ3) is 9.72. The number of esters is 1. The molecule has 0 amide bonds. The van der Waals surface area contributed by atoms with E-state index < -0.39 is 8.07 Å². The molecular formula is C12H24O2Si. The van der Waals surface area contributed by atoms with Gasteiger partial charge in [0, 0.05) is 14.1 Å². The molecule has 0 saturated carbocycles. The Morgan fingerprint density at radius 1 is 1.47 bits per heavy atom. The topological polar surface area (TPSA) is 26.3 Å². The van der Waals surface area contributed by atoms with Crippen LogP contribution in [0.4, 0.5) is 0 Å². The molecule has 0 heterocycles. The van der Waals surface area contributed by atoms with E-state index >= 15 is 0 Å². The predicted octanol–water partition coefficient (Wildman–Crippen LogP) is 3.47. The molecule has 0 radical (unpaired) electrons. The molecule has 0 spiro atoms. The van der Waals surface area contributed by atoms with Gasteiger partial charge in [-0.3, -0.25) is 0 Å². The normalized spacial score (nSPS) is 13.3. The Balaban J connectivity index is 3.51. The first-order chi connectivity index (χ1) is 6.85. The van der Waals surface area contributed by atoms with Crippen LogP contribution in [0.15, 0.2) is 12.7 Å². The number of ether oxygens (including phenoxy) is 1. The van der Waals surface area contributed by atoms with Crippen LogP contribution in [0.3, 0.4) is 0 Å². The van der Waals surface area contributed by atoms with E-state index in [4.69, 9.17) is 4.74 Å². The van der Waals surface area contributed by atoms with E-state index in [1.165, 1.54) is 12.1 Å². The predicted molar refractivity (Wildman–Crippen MR) is 67.7 cm³/mol. The van der Waals surface area contributed by atoms with Gasteiger partial charge in [-0.25, -0.2) is 4.79 Å². The fourth-order valence-electron chi connectivity index (χ4n) is 1.81. The van der Waals surface area contributed by atoms with Crippen molar-refractivity contribution in [3.05, 3.63) is 12.7 Å². The van der Waals surface area contributed by atoms with Crippen LogP contribution in [-0.2, 0) is 9.53 Å². The standard InChI is InChI=1S/C12H24O2Si/c1-6-12(13)14-9-7-8-11(2)10-15(3,4)5/h6,11H,1,7-10H2,2-5H3. The quantitative estimate of drug-likeness (QED) is 0.289. The molecule has 1 atom stereocenters. The smallest absolute Gasteiger partial charge is 0.330 e. The van der Waals surface area contributed by atoms with Gasteiger partial charge in [0.1, 0.15) is 0 Å². The van der Waals surface area contributed by atoms with Crippen molar-refractivity contribution in [3.8, 4) is 0 Å². The van der Waals surface area contributed by atoms with E-state index in [1.807, 2.05) is 0 Å². The van der Waals surface area contributed by atoms with Crippen LogP contribution in [0.1, 0.15) is 19.8 Å². The second-order valence-corrected chi connectivity index (χ2v) is 10.9. The monoisotopic (exact) mass is 228 g/mol. The van der Waals surface area contributed by atoms with Crippen molar-refractivity contribution in [2.75, 3.05) is 6.61 Å². The molecule has 15 heavy (non-hydrogen) atoms. The van der Waals surface area contributed by atoms with E-state index in [0.29, 0.717) is 6.61 Å². The fraction of sp³-hybridized carbons (Fsp3) is 0.750. The van der Waals surface area contributed by atoms with Crippen molar-refractivity contribution in [1.82, 2.24) is 0 Å². The van der Waals surface area contributed by atoms with Crippen LogP contribution in [0, 0.1) is 5.92 Å². The number of carbonyl (C=O) groups excluding carboxylic acids is 1. The Bertz CT molecular complexity index is 206. The lowest BCUT2D eigenvalue weighted by Gasteiger charge is -2.21. The van der Waals surface area contributed by atoms with Gasteiger partial charge in [-0.15, -0.1) is 0 Å². The van der Waals surface area contributed by atoms with Gasteiger partial charge in [-0.2, -0.15) is 0 Å². The minimum absolute atomic E-state index is 0.312. The molecule has 3 heteroatoms. The number of hydrogen-bond acceptors (Lipinski definition) is 2. The summed E-state index contributed by atoms with van der Waals surface area (Å²) < 4.78 is 4.93. The van der Waals surface area contributed by atoms with Crippen LogP contribution < -0.4 is 0 Å². The van der Waals surface area contributed by atoms with Crippen LogP contribution in [0.25, 0.3) is 0 Å². The third-order valence-electron chi connectivity index (χ3n) is 2.21. The first-order valence-corrected chi connectivity index (χ1v) is 9.35. The van der Waals surface area contributed by atoms with Gasteiger partial charge in [0.15, 0.2) is 0 Å². The van der Waals surface area contributed by atoms with Gasteiger partial charge in [0.25, 0.3) is 0 Å². The molecule has 0 aromatic rings. The Hall–Kier alpha value is -0.573. The summed E-state index contributed by atoms with van der Waals surface area (Å²) in [6, 6.07) is 1.35. The van der Waals surface area contributed by atoms with Crippen molar-refractivity contribution in [3.63, 3.8) is 0 Å². The van der Waals surface area contributed by atoms with Gasteiger partial charge in [0.05, 0.1) is 6.61 Å². The first-order valence-electron chi connectivity index (χ1n) is 5.64. The maximum Gasteiger partial charge on any atom is 0.330 e. The van der Waals surface area contributed by atoms with Crippen molar-refractivity contribution in [1.29, 1.82) is 0 Å². The Morgan fingerprint density at radius 3 is 2.53 bits per heavy atom. The molecule has 2 nitrogen and oxygen atoms in total. The summed E-state index contributed by atoms with van der Waals surface area (Å²) in [6.45, 7) is 13.3. The molecule has 0 aliphatic heterocycles. The Kier molecular flexibility index (Phi) is 6.57. The first kappa shape index (κ1) is 14.4. The lowest BCUT2D eigenvalue weighted by atomic mass is 10.1. The van der Waals surface area contributed by atoms with Crippen LogP contribution in [0.2, 0.25) is 25.7 Å². The third-order valence-corrected chi connectivity index (χ3v) is 4.13. The van der Waals surface area contributed by atoms with Crippen molar-refractivity contribution in [2.24, 2.45) is 5.92 Å². The maximum absolute atomic E-state index is 10.8. The molecule has 0 aromatic carbocycles. The number of hydrogen-bond donors (Lipinski definition) is 0. The number of carbonyl (C=O) groups is 1. The van der Waals surface area contributed by atoms with Gasteiger partial charge < -0.3 is 4.74 Å². The van der Waals surface area contributed by atoms with Crippen molar-refractivity contribution in [2.45, 2.75) is 45.5 Å². The largest absolute Gasteiger partial charge is 0.463 e. The second-order valence-electron chi connectivity index (χ2n) is 5.38. The molecule has 0 bridgehead atoms. The molecular weight excluding hydrogens is 204 g/mol. The second kappa shape index (κ2) is 6.83. The van der Waals surface area contributed by atoms with Gasteiger partial charge in [0.2, 0.25) is 0 Å². The molecule has 0 aliphatic carbocycles. The fourth-order valence-corrected chi connectivity index (χ4v) is 4.11. The summed E-state index contributed by atoms with van der Waals surface area (Å²) in [6.07, 6.45) is 3.32. The van der Waals surface area contributed by atoms with E-state index in [9.17, 15) is 4.79 Å². The van der Waals surface area contributed by atoms with E-state index in [1.54, 1.807) is 0 Å². The van der Waals surface area contributed by atoms with Gasteiger partial charge in [-0.05, 0) is 18.8 Å². The summed E-state index contributed by atoms with van der Waals surface area (Å²) in [7, 11) is -0.933. The highest BCUT2D eigenvalue weighted by Crippen LogP contribution is 2.20. The van der Waals surface area contributed by atoms with Crippen LogP contribution in [0.5, 0.6) is 0 Å². The zero-order valence-electron chi connectivity index (χ0n) is 10.5. The van der Waals surface area contributed by atoms with Crippen molar-refractivity contribution < 1.29 is 9.53 Å². The van der Waals surface area contributed by atoms with Gasteiger partial charge in [-0.1, -0.05) is 39.2 Å². The van der Waals surface area contributed by atoms with Crippen molar-refractivity contribution >= 4 is 14.0 Å². The van der Waals surface area contributed by atoms with Crippen LogP contribution in [-0.4, -0.2) is 20.7 Å². The molecule has 0 aromatic heterocycles. The highest BCUT2D eigenvalue weighted by Gasteiger charge is 2.16. The highest BCUT2D eigenvalue weighted by molar-refractivity contribution is 6.76. The molecule has 0 rings (SSSR count). The highest BCUT2D eigenvalue weighted by atomic mass is 28.3. The SMILES string of the molecule is C=CC(=O)OCCCC(C)C[Si](C)(C)C. The molecule has 0 aliphatic rings. The average Bonchev–Trinajstić information content (AvgIpc) is 2.09. The average molecular weight is 228 g/mol. The zero-order valence-corrected chi connectivity index (χ0v) is 11.5. The summed E-state index contributed by atoms with van der Waals surface area (Å²) in [5.41, 5.74) is 0. The maximum atomic E-state index is 10.8. The lowest BCUT2D eigenvalue weighted by molar-refractivity contribution is -0.137. The van der Waals surface area contributed by atoms with E-state index in [2.05, 4.69) is 33.1 Å². The Morgan fingerprint density at radius 2 is 2.07 bits per heavy atom. The van der Waals surface area contributed by atoms with Crippen LogP contribution >= 0.6 is 0 Å². The Labute approximate surface area is 94.7 Å². The van der Waals surface area contributed by atoms with E-state index in [0.717, 1.165) is 18.8 Å². The molecule has 88 valence electrons. The van der Waals surface area contributed by atoms with Gasteiger partial charge >= 0.3 is 5.97 Å². The molecule has 1 unspecified atom stereocenters. The van der Waals surface area contributed by atoms with E-state index in [-0.39, 0.29) is 5.97 Å². The summed E-state index contributed by atoms with van der Waals surface area (Å²) in [5, 5.41) is 0. The molecule has 0 fully saturated rings. The summed E-state index contributed by atoms with van der Waals surface area (Å²) in [4.78, 5) is 10.8. The minimum Gasteiger partial charge on any atom is -0.463 e. The summed E-state index contributed by atoms with van der Waals surface area (Å²) in [5.74, 6) is 0.437. The molecule has 0 N–H and O–H groups in total. The number of rotatable bonds is 7.